The van der Waals surface area contributed by atoms with Gasteiger partial charge in [0, 0.05) is 26.2 Å². The third kappa shape index (κ3) is 2.57. The number of thiophene rings is 1. The maximum absolute atomic E-state index is 12.6. The van der Waals surface area contributed by atoms with Crippen molar-refractivity contribution in [3.8, 4) is 0 Å². The number of fused-ring (bicyclic) bond motifs is 1. The number of piperazine rings is 1. The number of anilines is 1. The standard InChI is InChI=1S/C16H20N4O2S/c21-15(16(22)4-1-2-5-16)20-8-6-19(7-9-20)14-13-12(3-10-23-13)17-11-18-14/h3,10-11,22H,1-2,4-9H2. The summed E-state index contributed by atoms with van der Waals surface area (Å²) >= 11 is 1.65. The first kappa shape index (κ1) is 14.8. The minimum Gasteiger partial charge on any atom is -0.380 e. The fourth-order valence-corrected chi connectivity index (χ4v) is 4.45. The molecule has 122 valence electrons. The highest BCUT2D eigenvalue weighted by atomic mass is 32.1. The summed E-state index contributed by atoms with van der Waals surface area (Å²) in [6.45, 7) is 2.76. The van der Waals surface area contributed by atoms with Gasteiger partial charge in [-0.1, -0.05) is 0 Å². The largest absolute Gasteiger partial charge is 0.380 e. The van der Waals surface area contributed by atoms with E-state index in [2.05, 4.69) is 14.9 Å². The predicted molar refractivity (Wildman–Crippen MR) is 89.6 cm³/mol. The summed E-state index contributed by atoms with van der Waals surface area (Å²) in [5.74, 6) is 0.871. The Bertz CT molecular complexity index is 718. The van der Waals surface area contributed by atoms with Gasteiger partial charge in [0.1, 0.15) is 17.7 Å². The average molecular weight is 332 g/mol. The van der Waals surface area contributed by atoms with Gasteiger partial charge in [-0.2, -0.15) is 0 Å². The van der Waals surface area contributed by atoms with Crippen LogP contribution in [-0.2, 0) is 4.79 Å². The lowest BCUT2D eigenvalue weighted by molar-refractivity contribution is -0.151. The van der Waals surface area contributed by atoms with E-state index in [1.807, 2.05) is 16.3 Å². The molecular weight excluding hydrogens is 312 g/mol. The van der Waals surface area contributed by atoms with Crippen LogP contribution in [0.2, 0.25) is 0 Å². The smallest absolute Gasteiger partial charge is 0.254 e. The van der Waals surface area contributed by atoms with Gasteiger partial charge in [-0.3, -0.25) is 4.79 Å². The quantitative estimate of drug-likeness (QED) is 0.905. The van der Waals surface area contributed by atoms with E-state index in [-0.39, 0.29) is 5.91 Å². The van der Waals surface area contributed by atoms with E-state index in [0.717, 1.165) is 42.0 Å². The third-order valence-corrected chi connectivity index (χ3v) is 5.82. The molecule has 1 aliphatic heterocycles. The first-order valence-corrected chi connectivity index (χ1v) is 9.00. The minimum absolute atomic E-state index is 0.0846. The SMILES string of the molecule is O=C(N1CCN(c2ncnc3ccsc23)CC1)C1(O)CCCC1. The van der Waals surface area contributed by atoms with Crippen LogP contribution in [0.15, 0.2) is 17.8 Å². The number of aromatic nitrogens is 2. The maximum atomic E-state index is 12.6. The van der Waals surface area contributed by atoms with Crippen LogP contribution < -0.4 is 4.90 Å². The fourth-order valence-electron chi connectivity index (χ4n) is 3.59. The Morgan fingerprint density at radius 2 is 1.91 bits per heavy atom. The molecule has 2 aromatic rings. The second-order valence-corrected chi connectivity index (χ2v) is 7.27. The number of carbonyl (C=O) groups excluding carboxylic acids is 1. The number of rotatable bonds is 2. The number of aliphatic hydroxyl groups is 1. The van der Waals surface area contributed by atoms with Crippen molar-refractivity contribution in [1.82, 2.24) is 14.9 Å². The van der Waals surface area contributed by atoms with Gasteiger partial charge < -0.3 is 14.9 Å². The van der Waals surface area contributed by atoms with Gasteiger partial charge in [-0.15, -0.1) is 11.3 Å². The lowest BCUT2D eigenvalue weighted by Gasteiger charge is -2.38. The zero-order chi connectivity index (χ0) is 15.9. The van der Waals surface area contributed by atoms with Crippen molar-refractivity contribution in [2.24, 2.45) is 0 Å². The number of hydrogen-bond donors (Lipinski definition) is 1. The molecular formula is C16H20N4O2S. The molecule has 1 amide bonds. The van der Waals surface area contributed by atoms with Crippen LogP contribution in [-0.4, -0.2) is 57.7 Å². The molecule has 4 rings (SSSR count). The molecule has 2 aromatic heterocycles. The Labute approximate surface area is 138 Å². The molecule has 0 unspecified atom stereocenters. The molecule has 23 heavy (non-hydrogen) atoms. The molecule has 0 aromatic carbocycles. The Kier molecular flexibility index (Phi) is 3.69. The van der Waals surface area contributed by atoms with Gasteiger partial charge in [-0.25, -0.2) is 9.97 Å². The molecule has 1 aliphatic carbocycles. The summed E-state index contributed by atoms with van der Waals surface area (Å²) in [5, 5.41) is 12.5. The van der Waals surface area contributed by atoms with Crippen LogP contribution in [0.1, 0.15) is 25.7 Å². The van der Waals surface area contributed by atoms with E-state index < -0.39 is 5.60 Å². The average Bonchev–Trinajstić information content (AvgIpc) is 3.23. The van der Waals surface area contributed by atoms with Crippen molar-refractivity contribution in [3.05, 3.63) is 17.8 Å². The second kappa shape index (κ2) is 5.72. The highest BCUT2D eigenvalue weighted by Gasteiger charge is 2.42. The van der Waals surface area contributed by atoms with Gasteiger partial charge in [0.2, 0.25) is 0 Å². The maximum Gasteiger partial charge on any atom is 0.254 e. The summed E-state index contributed by atoms with van der Waals surface area (Å²) < 4.78 is 1.10. The van der Waals surface area contributed by atoms with Gasteiger partial charge in [0.05, 0.1) is 10.2 Å². The molecule has 1 N–H and O–H groups in total. The van der Waals surface area contributed by atoms with E-state index in [1.54, 1.807) is 17.7 Å². The Balaban J connectivity index is 1.47. The van der Waals surface area contributed by atoms with Gasteiger partial charge in [-0.05, 0) is 37.1 Å². The van der Waals surface area contributed by atoms with Crippen molar-refractivity contribution in [1.29, 1.82) is 0 Å². The van der Waals surface area contributed by atoms with Crippen molar-refractivity contribution in [2.45, 2.75) is 31.3 Å². The van der Waals surface area contributed by atoms with Gasteiger partial charge in [0.25, 0.3) is 5.91 Å². The Morgan fingerprint density at radius 3 is 2.65 bits per heavy atom. The zero-order valence-electron chi connectivity index (χ0n) is 12.9. The van der Waals surface area contributed by atoms with E-state index in [9.17, 15) is 9.90 Å². The normalized spacial score (nSPS) is 21.1. The summed E-state index contributed by atoms with van der Waals surface area (Å²) in [5.41, 5.74) is -0.142. The third-order valence-electron chi connectivity index (χ3n) is 4.92. The molecule has 7 heteroatoms. The van der Waals surface area contributed by atoms with Crippen molar-refractivity contribution >= 4 is 33.3 Å². The molecule has 2 fully saturated rings. The molecule has 2 aliphatic rings. The fraction of sp³-hybridized carbons (Fsp3) is 0.562. The van der Waals surface area contributed by atoms with Crippen molar-refractivity contribution < 1.29 is 9.90 Å². The van der Waals surface area contributed by atoms with E-state index in [1.165, 1.54) is 0 Å². The van der Waals surface area contributed by atoms with Crippen LogP contribution >= 0.6 is 11.3 Å². The zero-order valence-corrected chi connectivity index (χ0v) is 13.8. The summed E-state index contributed by atoms with van der Waals surface area (Å²) in [7, 11) is 0. The van der Waals surface area contributed by atoms with Crippen LogP contribution in [0.4, 0.5) is 5.82 Å². The first-order chi connectivity index (χ1) is 11.2. The number of amides is 1. The van der Waals surface area contributed by atoms with Crippen LogP contribution in [0.5, 0.6) is 0 Å². The number of nitrogens with zero attached hydrogens (tertiary/aromatic N) is 4. The van der Waals surface area contributed by atoms with Crippen molar-refractivity contribution in [2.75, 3.05) is 31.1 Å². The van der Waals surface area contributed by atoms with E-state index >= 15 is 0 Å². The lowest BCUT2D eigenvalue weighted by Crippen LogP contribution is -2.55. The van der Waals surface area contributed by atoms with Crippen LogP contribution in [0.25, 0.3) is 10.2 Å². The van der Waals surface area contributed by atoms with E-state index in [4.69, 9.17) is 0 Å². The highest BCUT2D eigenvalue weighted by molar-refractivity contribution is 7.17. The number of carbonyl (C=O) groups is 1. The molecule has 3 heterocycles. The van der Waals surface area contributed by atoms with Crippen LogP contribution in [0, 0.1) is 0 Å². The van der Waals surface area contributed by atoms with E-state index in [0.29, 0.717) is 25.9 Å². The van der Waals surface area contributed by atoms with Gasteiger partial charge in [0.15, 0.2) is 0 Å². The van der Waals surface area contributed by atoms with Gasteiger partial charge >= 0.3 is 0 Å². The summed E-state index contributed by atoms with van der Waals surface area (Å²) in [6, 6.07) is 2.00. The Morgan fingerprint density at radius 1 is 1.17 bits per heavy atom. The first-order valence-electron chi connectivity index (χ1n) is 8.12. The summed E-state index contributed by atoms with van der Waals surface area (Å²) in [4.78, 5) is 25.3. The van der Waals surface area contributed by atoms with Crippen molar-refractivity contribution in [3.63, 3.8) is 0 Å². The predicted octanol–water partition coefficient (Wildman–Crippen LogP) is 1.64. The number of hydrogen-bond acceptors (Lipinski definition) is 6. The molecule has 1 saturated heterocycles. The molecule has 0 radical (unpaired) electrons. The van der Waals surface area contributed by atoms with Crippen LogP contribution in [0.3, 0.4) is 0 Å². The molecule has 0 spiro atoms. The highest BCUT2D eigenvalue weighted by Crippen LogP contribution is 2.32. The topological polar surface area (TPSA) is 69.6 Å². The lowest BCUT2D eigenvalue weighted by atomic mass is 10.00. The summed E-state index contributed by atoms with van der Waals surface area (Å²) in [6.07, 6.45) is 4.70. The molecule has 6 nitrogen and oxygen atoms in total. The molecule has 1 saturated carbocycles. The Hall–Kier alpha value is -1.73. The second-order valence-electron chi connectivity index (χ2n) is 6.35. The molecule has 0 atom stereocenters. The molecule has 0 bridgehead atoms. The monoisotopic (exact) mass is 332 g/mol. The minimum atomic E-state index is -1.11.